The number of hydrogen-bond acceptors (Lipinski definition) is 4. The zero-order chi connectivity index (χ0) is 15.5. The maximum absolute atomic E-state index is 13.3. The number of carboxylic acid groups (broad SMARTS) is 1. The molecule has 0 aromatic heterocycles. The van der Waals surface area contributed by atoms with E-state index in [2.05, 4.69) is 0 Å². The first kappa shape index (κ1) is 16.4. The van der Waals surface area contributed by atoms with Crippen LogP contribution in [0.1, 0.15) is 6.42 Å². The number of halogens is 3. The van der Waals surface area contributed by atoms with Crippen LogP contribution >= 0.6 is 0 Å². The van der Waals surface area contributed by atoms with Gasteiger partial charge in [-0.15, -0.1) is 0 Å². The fourth-order valence-corrected chi connectivity index (χ4v) is 2.74. The molecule has 0 amide bonds. The van der Waals surface area contributed by atoms with E-state index in [-0.39, 0.29) is 12.1 Å². The Hall–Kier alpha value is -1.65. The number of aliphatic carboxylic acids is 1. The summed E-state index contributed by atoms with van der Waals surface area (Å²) in [6.07, 6.45) is -0.501. The van der Waals surface area contributed by atoms with Crippen molar-refractivity contribution >= 4 is 16.0 Å². The van der Waals surface area contributed by atoms with Gasteiger partial charge in [0.25, 0.3) is 0 Å². The minimum atomic E-state index is -4.86. The Labute approximate surface area is 111 Å². The lowest BCUT2D eigenvalue weighted by molar-refractivity contribution is -0.139. The molecule has 10 heteroatoms. The Kier molecular flexibility index (Phi) is 5.09. The van der Waals surface area contributed by atoms with E-state index in [1.54, 1.807) is 0 Å². The van der Waals surface area contributed by atoms with Crippen molar-refractivity contribution in [3.8, 4) is 0 Å². The molecule has 0 fully saturated rings. The van der Waals surface area contributed by atoms with Crippen molar-refractivity contribution in [3.63, 3.8) is 0 Å². The lowest BCUT2D eigenvalue weighted by atomic mass is 10.2. The van der Waals surface area contributed by atoms with Gasteiger partial charge in [-0.1, -0.05) is 0 Å². The zero-order valence-electron chi connectivity index (χ0n) is 9.81. The van der Waals surface area contributed by atoms with E-state index in [1.165, 1.54) is 4.72 Å². The minimum absolute atomic E-state index is 0.152. The Morgan fingerprint density at radius 2 is 1.75 bits per heavy atom. The second-order valence-electron chi connectivity index (χ2n) is 3.72. The Balaban J connectivity index is 3.20. The summed E-state index contributed by atoms with van der Waals surface area (Å²) in [6, 6.07) is -1.47. The molecule has 0 saturated carbocycles. The number of rotatable bonds is 6. The molecule has 0 heterocycles. The third kappa shape index (κ3) is 3.68. The van der Waals surface area contributed by atoms with Crippen molar-refractivity contribution < 1.29 is 36.6 Å². The highest BCUT2D eigenvalue weighted by Crippen LogP contribution is 2.20. The van der Waals surface area contributed by atoms with Crippen molar-refractivity contribution in [3.05, 3.63) is 29.6 Å². The van der Waals surface area contributed by atoms with Crippen LogP contribution in [0.25, 0.3) is 0 Å². The molecule has 0 aliphatic heterocycles. The van der Waals surface area contributed by atoms with Crippen LogP contribution in [-0.4, -0.2) is 37.2 Å². The van der Waals surface area contributed by atoms with E-state index in [9.17, 15) is 26.4 Å². The van der Waals surface area contributed by atoms with Crippen LogP contribution in [0.2, 0.25) is 0 Å². The Morgan fingerprint density at radius 1 is 1.25 bits per heavy atom. The highest BCUT2D eigenvalue weighted by molar-refractivity contribution is 7.89. The van der Waals surface area contributed by atoms with E-state index in [0.29, 0.717) is 0 Å². The molecule has 0 saturated heterocycles. The molecule has 1 aromatic carbocycles. The smallest absolute Gasteiger partial charge is 0.321 e. The van der Waals surface area contributed by atoms with Crippen LogP contribution in [0.4, 0.5) is 13.2 Å². The van der Waals surface area contributed by atoms with Gasteiger partial charge in [0.05, 0.1) is 0 Å². The zero-order valence-corrected chi connectivity index (χ0v) is 10.6. The van der Waals surface area contributed by atoms with E-state index < -0.39 is 57.4 Å². The van der Waals surface area contributed by atoms with Crippen molar-refractivity contribution in [2.24, 2.45) is 0 Å². The Morgan fingerprint density at radius 3 is 2.15 bits per heavy atom. The molecule has 1 aromatic rings. The molecule has 112 valence electrons. The monoisotopic (exact) mass is 313 g/mol. The summed E-state index contributed by atoms with van der Waals surface area (Å²) >= 11 is 0. The third-order valence-electron chi connectivity index (χ3n) is 2.25. The van der Waals surface area contributed by atoms with Gasteiger partial charge in [0.2, 0.25) is 10.0 Å². The van der Waals surface area contributed by atoms with Gasteiger partial charge in [-0.05, 0) is 6.42 Å². The van der Waals surface area contributed by atoms with E-state index in [0.717, 1.165) is 0 Å². The maximum Gasteiger partial charge on any atom is 0.321 e. The third-order valence-corrected chi connectivity index (χ3v) is 3.77. The number of carbonyl (C=O) groups is 1. The number of nitrogens with one attached hydrogen (secondary N) is 1. The predicted molar refractivity (Wildman–Crippen MR) is 59.8 cm³/mol. The van der Waals surface area contributed by atoms with Gasteiger partial charge in [-0.25, -0.2) is 21.6 Å². The summed E-state index contributed by atoms with van der Waals surface area (Å²) in [7, 11) is -4.86. The highest BCUT2D eigenvalue weighted by atomic mass is 32.2. The summed E-state index contributed by atoms with van der Waals surface area (Å²) in [4.78, 5) is 9.25. The van der Waals surface area contributed by atoms with Gasteiger partial charge in [0, 0.05) is 18.7 Å². The normalized spacial score (nSPS) is 13.2. The predicted octanol–water partition coefficient (Wildman–Crippen LogP) is 0.218. The molecule has 1 rings (SSSR count). The summed E-state index contributed by atoms with van der Waals surface area (Å²) in [5.74, 6) is -6.33. The molecule has 3 N–H and O–H groups in total. The van der Waals surface area contributed by atoms with E-state index in [4.69, 9.17) is 10.2 Å². The Bertz CT molecular complexity index is 596. The number of sulfonamides is 1. The topological polar surface area (TPSA) is 104 Å². The number of aliphatic hydroxyl groups is 1. The standard InChI is InChI=1S/C10H10F3NO5S/c11-5-3-6(12)9(7(13)4-5)20(18,19)14-8(1-2-15)10(16)17/h3-4,8,14-15H,1-2H2,(H,16,17)/t8-/m0/s1. The van der Waals surface area contributed by atoms with Crippen molar-refractivity contribution in [1.82, 2.24) is 4.72 Å². The second-order valence-corrected chi connectivity index (χ2v) is 5.37. The van der Waals surface area contributed by atoms with Gasteiger partial charge in [0.15, 0.2) is 4.90 Å². The molecular weight excluding hydrogens is 303 g/mol. The molecule has 0 aliphatic carbocycles. The molecule has 20 heavy (non-hydrogen) atoms. The van der Waals surface area contributed by atoms with Crippen LogP contribution in [0.15, 0.2) is 17.0 Å². The molecule has 0 radical (unpaired) electrons. The first-order chi connectivity index (χ1) is 9.19. The van der Waals surface area contributed by atoms with E-state index >= 15 is 0 Å². The first-order valence-electron chi connectivity index (χ1n) is 5.19. The van der Waals surface area contributed by atoms with E-state index in [1.807, 2.05) is 0 Å². The van der Waals surface area contributed by atoms with Crippen LogP contribution < -0.4 is 4.72 Å². The first-order valence-corrected chi connectivity index (χ1v) is 6.68. The number of carboxylic acids is 1. The molecule has 0 bridgehead atoms. The lowest BCUT2D eigenvalue weighted by Crippen LogP contribution is -2.41. The van der Waals surface area contributed by atoms with Gasteiger partial charge in [-0.3, -0.25) is 4.79 Å². The fraction of sp³-hybridized carbons (Fsp3) is 0.300. The summed E-state index contributed by atoms with van der Waals surface area (Å²) in [6.45, 7) is -0.659. The van der Waals surface area contributed by atoms with Gasteiger partial charge in [0.1, 0.15) is 23.5 Å². The quantitative estimate of drug-likeness (QED) is 0.697. The van der Waals surface area contributed by atoms with Gasteiger partial charge < -0.3 is 10.2 Å². The molecule has 0 aliphatic rings. The summed E-state index contributed by atoms with van der Waals surface area (Å²) < 4.78 is 64.3. The van der Waals surface area contributed by atoms with Crippen LogP contribution in [0, 0.1) is 17.5 Å². The van der Waals surface area contributed by atoms with Crippen LogP contribution in [0.3, 0.4) is 0 Å². The fourth-order valence-electron chi connectivity index (χ4n) is 1.39. The molecular formula is C10H10F3NO5S. The average Bonchev–Trinajstić information content (AvgIpc) is 2.25. The average molecular weight is 313 g/mol. The molecule has 1 atom stereocenters. The summed E-state index contributed by atoms with van der Waals surface area (Å²) in [5, 5.41) is 17.3. The largest absolute Gasteiger partial charge is 0.480 e. The molecule has 0 spiro atoms. The minimum Gasteiger partial charge on any atom is -0.480 e. The van der Waals surface area contributed by atoms with Crippen LogP contribution in [-0.2, 0) is 14.8 Å². The number of hydrogen-bond donors (Lipinski definition) is 3. The van der Waals surface area contributed by atoms with Gasteiger partial charge >= 0.3 is 5.97 Å². The van der Waals surface area contributed by atoms with Crippen LogP contribution in [0.5, 0.6) is 0 Å². The number of aliphatic hydroxyl groups excluding tert-OH is 1. The highest BCUT2D eigenvalue weighted by Gasteiger charge is 2.30. The molecule has 0 unspecified atom stereocenters. The lowest BCUT2D eigenvalue weighted by Gasteiger charge is -2.14. The van der Waals surface area contributed by atoms with Crippen molar-refractivity contribution in [1.29, 1.82) is 0 Å². The van der Waals surface area contributed by atoms with Gasteiger partial charge in [-0.2, -0.15) is 4.72 Å². The summed E-state index contributed by atoms with van der Waals surface area (Å²) in [5.41, 5.74) is 0. The second kappa shape index (κ2) is 6.20. The van der Waals surface area contributed by atoms with Crippen molar-refractivity contribution in [2.45, 2.75) is 17.4 Å². The van der Waals surface area contributed by atoms with Crippen molar-refractivity contribution in [2.75, 3.05) is 6.61 Å². The maximum atomic E-state index is 13.3. The number of benzene rings is 1. The SMILES string of the molecule is O=C(O)[C@H](CCO)NS(=O)(=O)c1c(F)cc(F)cc1F. The molecule has 6 nitrogen and oxygen atoms in total.